The SMILES string of the molecule is Cc1ccncc1-c1nn(C)c(C)[n+]1C. The van der Waals surface area contributed by atoms with Crippen LogP contribution in [-0.2, 0) is 14.1 Å². The van der Waals surface area contributed by atoms with Crippen LogP contribution in [0, 0.1) is 13.8 Å². The minimum Gasteiger partial charge on any atom is -0.264 e. The van der Waals surface area contributed by atoms with Crippen LogP contribution in [-0.4, -0.2) is 14.8 Å². The fourth-order valence-electron chi connectivity index (χ4n) is 1.58. The second-order valence-corrected chi connectivity index (χ2v) is 3.74. The summed E-state index contributed by atoms with van der Waals surface area (Å²) in [5, 5.41) is 4.48. The van der Waals surface area contributed by atoms with Crippen molar-refractivity contribution in [2.24, 2.45) is 14.1 Å². The van der Waals surface area contributed by atoms with Gasteiger partial charge in [0.05, 0.1) is 19.7 Å². The van der Waals surface area contributed by atoms with E-state index in [0.29, 0.717) is 0 Å². The standard InChI is InChI=1S/C11H15N4/c1-8-5-6-12-7-10(8)11-13-15(4)9(2)14(11)3/h5-7H,1-4H3/q+1. The monoisotopic (exact) mass is 203 g/mol. The molecule has 0 aliphatic rings. The molecule has 0 N–H and O–H groups in total. The second-order valence-electron chi connectivity index (χ2n) is 3.74. The summed E-state index contributed by atoms with van der Waals surface area (Å²) in [6.07, 6.45) is 3.66. The van der Waals surface area contributed by atoms with E-state index in [1.165, 1.54) is 5.56 Å². The lowest BCUT2D eigenvalue weighted by Gasteiger charge is -1.98. The van der Waals surface area contributed by atoms with Gasteiger partial charge in [-0.05, 0) is 18.6 Å². The maximum Gasteiger partial charge on any atom is 0.310 e. The lowest BCUT2D eigenvalue weighted by atomic mass is 10.1. The molecule has 2 heterocycles. The van der Waals surface area contributed by atoms with E-state index in [0.717, 1.165) is 17.2 Å². The minimum absolute atomic E-state index is 0.959. The number of pyridine rings is 1. The molecule has 2 aromatic heterocycles. The number of nitrogens with zero attached hydrogens (tertiary/aromatic N) is 4. The molecule has 4 heteroatoms. The molecule has 0 radical (unpaired) electrons. The van der Waals surface area contributed by atoms with E-state index >= 15 is 0 Å². The largest absolute Gasteiger partial charge is 0.310 e. The second kappa shape index (κ2) is 3.46. The van der Waals surface area contributed by atoms with Crippen molar-refractivity contribution in [1.82, 2.24) is 14.8 Å². The Hall–Kier alpha value is -1.71. The fraction of sp³-hybridized carbons (Fsp3) is 0.364. The molecule has 0 aliphatic carbocycles. The predicted molar refractivity (Wildman–Crippen MR) is 57.1 cm³/mol. The quantitative estimate of drug-likeness (QED) is 0.646. The van der Waals surface area contributed by atoms with Gasteiger partial charge in [0.15, 0.2) is 0 Å². The summed E-state index contributed by atoms with van der Waals surface area (Å²) in [7, 11) is 3.97. The van der Waals surface area contributed by atoms with E-state index in [9.17, 15) is 0 Å². The van der Waals surface area contributed by atoms with E-state index in [1.54, 1.807) is 6.20 Å². The van der Waals surface area contributed by atoms with Crippen molar-refractivity contribution in [3.05, 3.63) is 29.8 Å². The van der Waals surface area contributed by atoms with Gasteiger partial charge in [0.25, 0.3) is 0 Å². The Labute approximate surface area is 89.2 Å². The molecule has 0 bridgehead atoms. The van der Waals surface area contributed by atoms with E-state index in [2.05, 4.69) is 21.6 Å². The summed E-state index contributed by atoms with van der Waals surface area (Å²) in [5.74, 6) is 2.08. The molecule has 2 rings (SSSR count). The molecular weight excluding hydrogens is 188 g/mol. The molecule has 0 saturated carbocycles. The highest BCUT2D eigenvalue weighted by Gasteiger charge is 2.20. The molecule has 78 valence electrons. The summed E-state index contributed by atoms with van der Waals surface area (Å²) < 4.78 is 3.95. The Morgan fingerprint density at radius 3 is 2.60 bits per heavy atom. The van der Waals surface area contributed by atoms with Gasteiger partial charge in [0.1, 0.15) is 0 Å². The first-order chi connectivity index (χ1) is 7.11. The van der Waals surface area contributed by atoms with Crippen molar-refractivity contribution in [3.8, 4) is 11.4 Å². The van der Waals surface area contributed by atoms with E-state index in [1.807, 2.05) is 38.0 Å². The highest BCUT2D eigenvalue weighted by Crippen LogP contribution is 2.16. The molecule has 0 aromatic carbocycles. The third-order valence-electron chi connectivity index (χ3n) is 2.80. The van der Waals surface area contributed by atoms with Gasteiger partial charge in [-0.2, -0.15) is 0 Å². The molecule has 0 unspecified atom stereocenters. The van der Waals surface area contributed by atoms with Gasteiger partial charge in [0.2, 0.25) is 5.82 Å². The molecule has 4 nitrogen and oxygen atoms in total. The van der Waals surface area contributed by atoms with Crippen LogP contribution in [0.4, 0.5) is 0 Å². The average molecular weight is 203 g/mol. The summed E-state index contributed by atoms with van der Waals surface area (Å²) >= 11 is 0. The zero-order chi connectivity index (χ0) is 11.0. The van der Waals surface area contributed by atoms with Gasteiger partial charge in [-0.1, -0.05) is 0 Å². The average Bonchev–Trinajstić information content (AvgIpc) is 2.47. The number of hydrogen-bond donors (Lipinski definition) is 0. The topological polar surface area (TPSA) is 34.6 Å². The zero-order valence-electron chi connectivity index (χ0n) is 9.52. The number of hydrogen-bond acceptors (Lipinski definition) is 2. The lowest BCUT2D eigenvalue weighted by Crippen LogP contribution is -2.32. The third-order valence-corrected chi connectivity index (χ3v) is 2.80. The van der Waals surface area contributed by atoms with Crippen molar-refractivity contribution in [1.29, 1.82) is 0 Å². The van der Waals surface area contributed by atoms with Crippen molar-refractivity contribution in [2.45, 2.75) is 13.8 Å². The highest BCUT2D eigenvalue weighted by molar-refractivity contribution is 5.55. The minimum atomic E-state index is 0.959. The van der Waals surface area contributed by atoms with Crippen LogP contribution < -0.4 is 4.57 Å². The molecule has 0 spiro atoms. The normalized spacial score (nSPS) is 10.7. The van der Waals surface area contributed by atoms with E-state index in [4.69, 9.17) is 0 Å². The van der Waals surface area contributed by atoms with Gasteiger partial charge in [-0.15, -0.1) is 4.68 Å². The molecule has 2 aromatic rings. The van der Waals surface area contributed by atoms with E-state index < -0.39 is 0 Å². The summed E-state index contributed by atoms with van der Waals surface area (Å²) in [5.41, 5.74) is 2.28. The lowest BCUT2D eigenvalue weighted by molar-refractivity contribution is -0.667. The Morgan fingerprint density at radius 1 is 1.33 bits per heavy atom. The van der Waals surface area contributed by atoms with Gasteiger partial charge in [-0.25, -0.2) is 4.57 Å². The first-order valence-corrected chi connectivity index (χ1v) is 4.92. The van der Waals surface area contributed by atoms with Crippen LogP contribution in [0.2, 0.25) is 0 Å². The molecule has 0 atom stereocenters. The molecule has 0 saturated heterocycles. The molecule has 0 fully saturated rings. The van der Waals surface area contributed by atoms with Crippen molar-refractivity contribution < 1.29 is 4.57 Å². The number of rotatable bonds is 1. The number of aromatic nitrogens is 4. The van der Waals surface area contributed by atoms with Crippen LogP contribution >= 0.6 is 0 Å². The van der Waals surface area contributed by atoms with Crippen LogP contribution in [0.15, 0.2) is 18.5 Å². The van der Waals surface area contributed by atoms with Crippen LogP contribution in [0.5, 0.6) is 0 Å². The highest BCUT2D eigenvalue weighted by atomic mass is 15.4. The maximum absolute atomic E-state index is 4.48. The van der Waals surface area contributed by atoms with Gasteiger partial charge in [-0.3, -0.25) is 4.98 Å². The van der Waals surface area contributed by atoms with Crippen LogP contribution in [0.3, 0.4) is 0 Å². The molecular formula is C11H15N4+. The van der Waals surface area contributed by atoms with E-state index in [-0.39, 0.29) is 0 Å². The first-order valence-electron chi connectivity index (χ1n) is 4.92. The van der Waals surface area contributed by atoms with Crippen LogP contribution in [0.1, 0.15) is 11.4 Å². The molecule has 15 heavy (non-hydrogen) atoms. The summed E-state index contributed by atoms with van der Waals surface area (Å²) in [6.45, 7) is 4.11. The Balaban J connectivity index is 2.65. The summed E-state index contributed by atoms with van der Waals surface area (Å²) in [6, 6.07) is 2.00. The van der Waals surface area contributed by atoms with Crippen LogP contribution in [0.25, 0.3) is 11.4 Å². The smallest absolute Gasteiger partial charge is 0.264 e. The fourth-order valence-corrected chi connectivity index (χ4v) is 1.58. The first kappa shape index (κ1) is 9.83. The van der Waals surface area contributed by atoms with Gasteiger partial charge in [0, 0.05) is 24.4 Å². The van der Waals surface area contributed by atoms with Crippen molar-refractivity contribution >= 4 is 0 Å². The Morgan fingerprint density at radius 2 is 2.07 bits per heavy atom. The van der Waals surface area contributed by atoms with Gasteiger partial charge >= 0.3 is 5.82 Å². The Bertz CT molecular complexity index is 499. The van der Waals surface area contributed by atoms with Gasteiger partial charge < -0.3 is 0 Å². The van der Waals surface area contributed by atoms with Crippen molar-refractivity contribution in [3.63, 3.8) is 0 Å². The van der Waals surface area contributed by atoms with Crippen molar-refractivity contribution in [2.75, 3.05) is 0 Å². The molecule has 0 aliphatic heterocycles. The Kier molecular flexibility index (Phi) is 2.26. The maximum atomic E-state index is 4.48. The third kappa shape index (κ3) is 1.52. The number of aryl methyl sites for hydroxylation is 2. The zero-order valence-corrected chi connectivity index (χ0v) is 9.52. The predicted octanol–water partition coefficient (Wildman–Crippen LogP) is 0.923. The summed E-state index contributed by atoms with van der Waals surface area (Å²) in [4.78, 5) is 4.14. The molecule has 0 amide bonds.